The Balaban J connectivity index is 2.06. The molecule has 2 aromatic rings. The maximum absolute atomic E-state index is 11.9. The molecule has 1 aliphatic heterocycles. The number of nitrogens with one attached hydrogen (secondary N) is 1. The van der Waals surface area contributed by atoms with Crippen LogP contribution in [0.1, 0.15) is 13.8 Å². The molecule has 3 heterocycles. The summed E-state index contributed by atoms with van der Waals surface area (Å²) in [6.07, 6.45) is -1.67. The second kappa shape index (κ2) is 5.82. The number of nitrogens with zero attached hydrogens (tertiary/aromatic N) is 3. The average molecular weight is 391 g/mol. The second-order valence-electron chi connectivity index (χ2n) is 6.26. The number of imidazole rings is 1. The van der Waals surface area contributed by atoms with Gasteiger partial charge in [-0.3, -0.25) is 18.9 Å². The third-order valence-electron chi connectivity index (χ3n) is 4.54. The quantitative estimate of drug-likeness (QED) is 0.314. The summed E-state index contributed by atoms with van der Waals surface area (Å²) in [6, 6.07) is 0. The van der Waals surface area contributed by atoms with E-state index in [1.807, 2.05) is 0 Å². The minimum Gasteiger partial charge on any atom is -0.387 e. The minimum atomic E-state index is -4.81. The van der Waals surface area contributed by atoms with Gasteiger partial charge in [0.05, 0.1) is 12.9 Å². The van der Waals surface area contributed by atoms with Crippen molar-refractivity contribution in [2.75, 3.05) is 12.3 Å². The van der Waals surface area contributed by atoms with E-state index in [1.54, 1.807) is 0 Å². The van der Waals surface area contributed by atoms with Crippen LogP contribution in [0.5, 0.6) is 0 Å². The van der Waals surface area contributed by atoms with E-state index in [-0.39, 0.29) is 17.1 Å². The van der Waals surface area contributed by atoms with Crippen molar-refractivity contribution in [3.05, 3.63) is 16.7 Å². The zero-order valence-corrected chi connectivity index (χ0v) is 14.6. The number of aromatic amines is 1. The van der Waals surface area contributed by atoms with Crippen LogP contribution in [0, 0.1) is 0 Å². The summed E-state index contributed by atoms with van der Waals surface area (Å²) >= 11 is 0. The van der Waals surface area contributed by atoms with Gasteiger partial charge in [0.15, 0.2) is 16.9 Å². The Kier molecular flexibility index (Phi) is 4.24. The Labute approximate surface area is 145 Å². The fourth-order valence-corrected chi connectivity index (χ4v) is 3.29. The molecule has 1 saturated heterocycles. The molecule has 1 fully saturated rings. The van der Waals surface area contributed by atoms with E-state index in [1.165, 1.54) is 24.7 Å². The summed E-state index contributed by atoms with van der Waals surface area (Å²) in [7, 11) is -4.81. The number of phosphoric acid groups is 1. The highest BCUT2D eigenvalue weighted by Gasteiger charge is 2.61. The summed E-state index contributed by atoms with van der Waals surface area (Å²) in [6.45, 7) is 1.98. The maximum atomic E-state index is 11.9. The van der Waals surface area contributed by atoms with Gasteiger partial charge in [-0.05, 0) is 13.8 Å². The molecule has 14 heteroatoms. The van der Waals surface area contributed by atoms with Gasteiger partial charge in [-0.2, -0.15) is 4.98 Å². The van der Waals surface area contributed by atoms with E-state index in [0.29, 0.717) is 0 Å². The number of H-pyrrole nitrogens is 1. The zero-order chi connectivity index (χ0) is 19.5. The first kappa shape index (κ1) is 18.9. The molecule has 7 N–H and O–H groups in total. The molecule has 3 rings (SSSR count). The maximum Gasteiger partial charge on any atom is 0.469 e. The van der Waals surface area contributed by atoms with E-state index < -0.39 is 43.5 Å². The number of hydrogen-bond acceptors (Lipinski definition) is 9. The molecule has 0 amide bonds. The molecule has 1 aliphatic rings. The Morgan fingerprint density at radius 3 is 2.77 bits per heavy atom. The van der Waals surface area contributed by atoms with Crippen molar-refractivity contribution in [1.29, 1.82) is 0 Å². The molecule has 4 atom stereocenters. The summed E-state index contributed by atoms with van der Waals surface area (Å²) < 4.78 is 22.1. The molecule has 0 radical (unpaired) electrons. The molecular weight excluding hydrogens is 373 g/mol. The molecule has 0 spiro atoms. The standard InChI is InChI=1S/C12H18N5O8P/c1-11(20)7(18)5(3-24-26(21,22)23)25-12(11,2)17-4-14-6-8(17)15-10(13)16-9(6)19/h4-5,7,18,20H,3H2,1-2H3,(H2,21,22,23)(H3,13,15,16,19)/t5-,7-,11-,12-/m1/s1. The van der Waals surface area contributed by atoms with Crippen LogP contribution in [0.15, 0.2) is 11.1 Å². The van der Waals surface area contributed by atoms with Crippen LogP contribution >= 0.6 is 7.82 Å². The lowest BCUT2D eigenvalue weighted by Crippen LogP contribution is -2.53. The summed E-state index contributed by atoms with van der Waals surface area (Å²) in [5.41, 5.74) is 1.22. The van der Waals surface area contributed by atoms with Crippen LogP contribution in [0.25, 0.3) is 11.2 Å². The molecule has 13 nitrogen and oxygen atoms in total. The van der Waals surface area contributed by atoms with Crippen molar-refractivity contribution >= 4 is 24.9 Å². The molecular formula is C12H18N5O8P. The highest BCUT2D eigenvalue weighted by atomic mass is 31.2. The van der Waals surface area contributed by atoms with Crippen molar-refractivity contribution in [1.82, 2.24) is 19.5 Å². The number of aromatic nitrogens is 4. The average Bonchev–Trinajstić information content (AvgIpc) is 2.99. The fraction of sp³-hybridized carbons (Fsp3) is 0.583. The molecule has 26 heavy (non-hydrogen) atoms. The van der Waals surface area contributed by atoms with E-state index in [9.17, 15) is 19.6 Å². The lowest BCUT2D eigenvalue weighted by molar-refractivity contribution is -0.174. The number of phosphoric ester groups is 1. The van der Waals surface area contributed by atoms with Crippen molar-refractivity contribution in [3.63, 3.8) is 0 Å². The Morgan fingerprint density at radius 2 is 2.15 bits per heavy atom. The van der Waals surface area contributed by atoms with Crippen molar-refractivity contribution < 1.29 is 33.8 Å². The first-order valence-electron chi connectivity index (χ1n) is 7.38. The zero-order valence-electron chi connectivity index (χ0n) is 13.7. The first-order chi connectivity index (χ1) is 11.9. The van der Waals surface area contributed by atoms with Crippen LogP contribution in [-0.2, 0) is 19.6 Å². The number of aliphatic hydroxyl groups is 2. The van der Waals surface area contributed by atoms with Crippen LogP contribution < -0.4 is 11.3 Å². The van der Waals surface area contributed by atoms with E-state index in [4.69, 9.17) is 20.3 Å². The van der Waals surface area contributed by atoms with Crippen molar-refractivity contribution in [2.24, 2.45) is 0 Å². The number of fused-ring (bicyclic) bond motifs is 1. The molecule has 0 unspecified atom stereocenters. The number of nitrogens with two attached hydrogens (primary N) is 1. The highest BCUT2D eigenvalue weighted by Crippen LogP contribution is 2.46. The lowest BCUT2D eigenvalue weighted by Gasteiger charge is -2.37. The number of rotatable bonds is 4. The van der Waals surface area contributed by atoms with Gasteiger partial charge in [-0.25, -0.2) is 9.55 Å². The Bertz CT molecular complexity index is 951. The highest BCUT2D eigenvalue weighted by molar-refractivity contribution is 7.46. The fourth-order valence-electron chi connectivity index (χ4n) is 2.95. The minimum absolute atomic E-state index is 0.00205. The molecule has 0 saturated carbocycles. The van der Waals surface area contributed by atoms with Gasteiger partial charge in [-0.1, -0.05) is 0 Å². The smallest absolute Gasteiger partial charge is 0.387 e. The SMILES string of the molecule is C[C@@]1(n2cnc3c(=O)[nH]c(N)nc32)O[C@H](COP(=O)(O)O)[C@@H](O)[C@@]1(C)O. The third-order valence-corrected chi connectivity index (χ3v) is 5.03. The monoisotopic (exact) mass is 391 g/mol. The largest absolute Gasteiger partial charge is 0.469 e. The van der Waals surface area contributed by atoms with Gasteiger partial charge in [0.25, 0.3) is 5.56 Å². The molecule has 0 bridgehead atoms. The van der Waals surface area contributed by atoms with Crippen LogP contribution in [0.4, 0.5) is 5.95 Å². The number of aliphatic hydroxyl groups excluding tert-OH is 1. The molecule has 2 aromatic heterocycles. The van der Waals surface area contributed by atoms with E-state index >= 15 is 0 Å². The lowest BCUT2D eigenvalue weighted by atomic mass is 9.88. The number of ether oxygens (including phenoxy) is 1. The third kappa shape index (κ3) is 2.83. The van der Waals surface area contributed by atoms with Crippen LogP contribution in [0.3, 0.4) is 0 Å². The Morgan fingerprint density at radius 1 is 1.50 bits per heavy atom. The van der Waals surface area contributed by atoms with E-state index in [0.717, 1.165) is 0 Å². The number of hydrogen-bond donors (Lipinski definition) is 6. The first-order valence-corrected chi connectivity index (χ1v) is 8.91. The van der Waals surface area contributed by atoms with Crippen molar-refractivity contribution in [2.45, 2.75) is 37.4 Å². The number of anilines is 1. The predicted octanol–water partition coefficient (Wildman–Crippen LogP) is -2.01. The molecule has 144 valence electrons. The second-order valence-corrected chi connectivity index (χ2v) is 7.50. The van der Waals surface area contributed by atoms with Gasteiger partial charge < -0.3 is 30.5 Å². The van der Waals surface area contributed by atoms with Gasteiger partial charge in [0.1, 0.15) is 17.8 Å². The molecule has 0 aliphatic carbocycles. The van der Waals surface area contributed by atoms with E-state index in [2.05, 4.69) is 19.5 Å². The number of nitrogen functional groups attached to an aromatic ring is 1. The Hall–Kier alpha value is -1.86. The predicted molar refractivity (Wildman–Crippen MR) is 85.7 cm³/mol. The van der Waals surface area contributed by atoms with Crippen LogP contribution in [-0.4, -0.2) is 63.9 Å². The van der Waals surface area contributed by atoms with Gasteiger partial charge in [0.2, 0.25) is 5.95 Å². The van der Waals surface area contributed by atoms with Crippen molar-refractivity contribution in [3.8, 4) is 0 Å². The van der Waals surface area contributed by atoms with Gasteiger partial charge in [-0.15, -0.1) is 0 Å². The van der Waals surface area contributed by atoms with Crippen LogP contribution in [0.2, 0.25) is 0 Å². The normalized spacial score (nSPS) is 32.4. The summed E-state index contributed by atoms with van der Waals surface area (Å²) in [5.74, 6) is -0.188. The van der Waals surface area contributed by atoms with Gasteiger partial charge in [0, 0.05) is 0 Å². The summed E-state index contributed by atoms with van der Waals surface area (Å²) in [4.78, 5) is 39.8. The molecule has 0 aromatic carbocycles. The van der Waals surface area contributed by atoms with Gasteiger partial charge >= 0.3 is 7.82 Å². The topological polar surface area (TPSA) is 206 Å². The summed E-state index contributed by atoms with van der Waals surface area (Å²) in [5, 5.41) is 21.2.